The number of amides is 1. The van der Waals surface area contributed by atoms with E-state index in [1.165, 1.54) is 0 Å². The van der Waals surface area contributed by atoms with Crippen LogP contribution in [0.1, 0.15) is 10.5 Å². The number of furan rings is 1. The minimum Gasteiger partial charge on any atom is -0.497 e. The van der Waals surface area contributed by atoms with Crippen LogP contribution in [0.4, 0.5) is 0 Å². The van der Waals surface area contributed by atoms with Crippen molar-refractivity contribution in [2.75, 3.05) is 7.11 Å². The van der Waals surface area contributed by atoms with Gasteiger partial charge in [-0.15, -0.1) is 0 Å². The standard InChI is InChI=1S/C15H12N2O3/c1-19-11-3-5-13-10(6-11)7-14(20-13)9-2-4-12(15(16)18)17-8-9/h2-8H,1H3,(H2,16,18). The van der Waals surface area contributed by atoms with Gasteiger partial charge in [0.25, 0.3) is 5.91 Å². The lowest BCUT2D eigenvalue weighted by molar-refractivity contribution is 0.0995. The number of pyridine rings is 1. The summed E-state index contributed by atoms with van der Waals surface area (Å²) in [5, 5.41) is 0.943. The molecule has 0 bridgehead atoms. The molecule has 2 heterocycles. The molecule has 0 aliphatic heterocycles. The first kappa shape index (κ1) is 12.2. The number of ether oxygens (including phenoxy) is 1. The van der Waals surface area contributed by atoms with Crippen molar-refractivity contribution in [1.29, 1.82) is 0 Å². The van der Waals surface area contributed by atoms with Crippen molar-refractivity contribution in [2.24, 2.45) is 5.73 Å². The average Bonchev–Trinajstić information content (AvgIpc) is 2.90. The number of benzene rings is 1. The first-order chi connectivity index (χ1) is 9.67. The fourth-order valence-corrected chi connectivity index (χ4v) is 1.98. The highest BCUT2D eigenvalue weighted by Gasteiger charge is 2.09. The fraction of sp³-hybridized carbons (Fsp3) is 0.0667. The quantitative estimate of drug-likeness (QED) is 0.792. The van der Waals surface area contributed by atoms with Gasteiger partial charge >= 0.3 is 0 Å². The van der Waals surface area contributed by atoms with Crippen LogP contribution in [0.3, 0.4) is 0 Å². The second kappa shape index (κ2) is 4.70. The molecular formula is C15H12N2O3. The zero-order chi connectivity index (χ0) is 14.1. The predicted octanol–water partition coefficient (Wildman–Crippen LogP) is 2.60. The van der Waals surface area contributed by atoms with Crippen molar-refractivity contribution >= 4 is 16.9 Å². The summed E-state index contributed by atoms with van der Waals surface area (Å²) in [6.45, 7) is 0. The van der Waals surface area contributed by atoms with E-state index in [0.29, 0.717) is 5.76 Å². The van der Waals surface area contributed by atoms with Crippen LogP contribution in [0, 0.1) is 0 Å². The van der Waals surface area contributed by atoms with Crippen molar-refractivity contribution in [3.8, 4) is 17.1 Å². The Morgan fingerprint density at radius 3 is 2.75 bits per heavy atom. The van der Waals surface area contributed by atoms with Gasteiger partial charge in [-0.2, -0.15) is 0 Å². The molecule has 2 aromatic heterocycles. The molecule has 0 saturated heterocycles. The van der Waals surface area contributed by atoms with Gasteiger partial charge in [-0.1, -0.05) is 0 Å². The molecule has 20 heavy (non-hydrogen) atoms. The Bertz CT molecular complexity index is 775. The molecule has 5 heteroatoms. The summed E-state index contributed by atoms with van der Waals surface area (Å²) < 4.78 is 10.9. The van der Waals surface area contributed by atoms with E-state index < -0.39 is 5.91 Å². The van der Waals surface area contributed by atoms with Crippen molar-refractivity contribution < 1.29 is 13.9 Å². The van der Waals surface area contributed by atoms with Crippen LogP contribution in [-0.4, -0.2) is 18.0 Å². The van der Waals surface area contributed by atoms with E-state index >= 15 is 0 Å². The summed E-state index contributed by atoms with van der Waals surface area (Å²) >= 11 is 0. The lowest BCUT2D eigenvalue weighted by Gasteiger charge is -1.97. The number of aromatic nitrogens is 1. The van der Waals surface area contributed by atoms with Crippen molar-refractivity contribution in [2.45, 2.75) is 0 Å². The summed E-state index contributed by atoms with van der Waals surface area (Å²) in [6.07, 6.45) is 1.56. The number of fused-ring (bicyclic) bond motifs is 1. The minimum absolute atomic E-state index is 0.228. The molecule has 0 fully saturated rings. The molecule has 0 unspecified atom stereocenters. The van der Waals surface area contributed by atoms with E-state index in [4.69, 9.17) is 14.9 Å². The van der Waals surface area contributed by atoms with Crippen molar-refractivity contribution in [3.05, 3.63) is 48.3 Å². The molecule has 1 amide bonds. The molecule has 1 aromatic carbocycles. The third-order valence-electron chi connectivity index (χ3n) is 3.02. The summed E-state index contributed by atoms with van der Waals surface area (Å²) in [7, 11) is 1.62. The van der Waals surface area contributed by atoms with Gasteiger partial charge in [0.2, 0.25) is 0 Å². The lowest BCUT2D eigenvalue weighted by atomic mass is 10.2. The van der Waals surface area contributed by atoms with E-state index in [2.05, 4.69) is 4.98 Å². The van der Waals surface area contributed by atoms with Crippen LogP contribution >= 0.6 is 0 Å². The number of carbonyl (C=O) groups is 1. The second-order valence-electron chi connectivity index (χ2n) is 4.31. The van der Waals surface area contributed by atoms with Gasteiger partial charge < -0.3 is 14.9 Å². The first-order valence-corrected chi connectivity index (χ1v) is 6.01. The van der Waals surface area contributed by atoms with Crippen LogP contribution in [-0.2, 0) is 0 Å². The third kappa shape index (κ3) is 2.09. The molecule has 3 aromatic rings. The van der Waals surface area contributed by atoms with Crippen molar-refractivity contribution in [3.63, 3.8) is 0 Å². The van der Waals surface area contributed by atoms with Crippen LogP contribution in [0.2, 0.25) is 0 Å². The number of rotatable bonds is 3. The Balaban J connectivity index is 2.03. The van der Waals surface area contributed by atoms with Gasteiger partial charge in [0.05, 0.1) is 7.11 Å². The largest absolute Gasteiger partial charge is 0.497 e. The van der Waals surface area contributed by atoms with Gasteiger partial charge in [0, 0.05) is 17.1 Å². The minimum atomic E-state index is -0.550. The topological polar surface area (TPSA) is 78.4 Å². The fourth-order valence-electron chi connectivity index (χ4n) is 1.98. The SMILES string of the molecule is COc1ccc2oc(-c3ccc(C(N)=O)nc3)cc2c1. The number of hydrogen-bond acceptors (Lipinski definition) is 4. The highest BCUT2D eigenvalue weighted by Crippen LogP contribution is 2.29. The Morgan fingerprint density at radius 1 is 1.25 bits per heavy atom. The summed E-state index contributed by atoms with van der Waals surface area (Å²) in [6, 6.07) is 10.8. The van der Waals surface area contributed by atoms with E-state index in [0.717, 1.165) is 22.3 Å². The number of nitrogens with zero attached hydrogens (tertiary/aromatic N) is 1. The smallest absolute Gasteiger partial charge is 0.267 e. The van der Waals surface area contributed by atoms with E-state index in [1.807, 2.05) is 24.3 Å². The Hall–Kier alpha value is -2.82. The van der Waals surface area contributed by atoms with Gasteiger partial charge in [-0.05, 0) is 36.4 Å². The normalized spacial score (nSPS) is 10.7. The Morgan fingerprint density at radius 2 is 2.10 bits per heavy atom. The van der Waals surface area contributed by atoms with Crippen molar-refractivity contribution in [1.82, 2.24) is 4.98 Å². The predicted molar refractivity (Wildman–Crippen MR) is 74.5 cm³/mol. The molecule has 0 spiro atoms. The lowest BCUT2D eigenvalue weighted by Crippen LogP contribution is -2.12. The molecule has 0 saturated carbocycles. The van der Waals surface area contributed by atoms with E-state index in [9.17, 15) is 4.79 Å². The number of carbonyl (C=O) groups excluding carboxylic acids is 1. The Kier molecular flexibility index (Phi) is 2.87. The van der Waals surface area contributed by atoms with Gasteiger partial charge in [0.15, 0.2) is 0 Å². The van der Waals surface area contributed by atoms with Gasteiger partial charge in [0.1, 0.15) is 22.8 Å². The molecule has 100 valence electrons. The molecule has 0 aliphatic rings. The number of primary amides is 1. The summed E-state index contributed by atoms with van der Waals surface area (Å²) in [5.74, 6) is 0.898. The first-order valence-electron chi connectivity index (χ1n) is 6.01. The van der Waals surface area contributed by atoms with Gasteiger partial charge in [-0.25, -0.2) is 0 Å². The van der Waals surface area contributed by atoms with Crippen LogP contribution in [0.15, 0.2) is 47.0 Å². The summed E-state index contributed by atoms with van der Waals surface area (Å²) in [4.78, 5) is 15.0. The highest BCUT2D eigenvalue weighted by atomic mass is 16.5. The molecule has 0 aliphatic carbocycles. The number of nitrogens with two attached hydrogens (primary N) is 1. The summed E-state index contributed by atoms with van der Waals surface area (Å²) in [5.41, 5.74) is 6.93. The molecule has 3 rings (SSSR count). The molecule has 5 nitrogen and oxygen atoms in total. The average molecular weight is 268 g/mol. The van der Waals surface area contributed by atoms with E-state index in [1.54, 1.807) is 25.4 Å². The van der Waals surface area contributed by atoms with Crippen LogP contribution in [0.5, 0.6) is 5.75 Å². The zero-order valence-electron chi connectivity index (χ0n) is 10.8. The Labute approximate surface area is 115 Å². The maximum absolute atomic E-state index is 11.0. The highest BCUT2D eigenvalue weighted by molar-refractivity contribution is 5.91. The number of methoxy groups -OCH3 is 1. The maximum atomic E-state index is 11.0. The molecule has 0 radical (unpaired) electrons. The van der Waals surface area contributed by atoms with E-state index in [-0.39, 0.29) is 5.69 Å². The third-order valence-corrected chi connectivity index (χ3v) is 3.02. The van der Waals surface area contributed by atoms with Crippen LogP contribution in [0.25, 0.3) is 22.3 Å². The molecule has 2 N–H and O–H groups in total. The van der Waals surface area contributed by atoms with Gasteiger partial charge in [-0.3, -0.25) is 9.78 Å². The maximum Gasteiger partial charge on any atom is 0.267 e. The monoisotopic (exact) mass is 268 g/mol. The second-order valence-corrected chi connectivity index (χ2v) is 4.31. The zero-order valence-corrected chi connectivity index (χ0v) is 10.8. The molecule has 0 atom stereocenters. The van der Waals surface area contributed by atoms with Crippen LogP contribution < -0.4 is 10.5 Å². The molecular weight excluding hydrogens is 256 g/mol. The number of hydrogen-bond donors (Lipinski definition) is 1.